The van der Waals surface area contributed by atoms with E-state index in [1.807, 2.05) is 42.5 Å². The van der Waals surface area contributed by atoms with Gasteiger partial charge in [-0.25, -0.2) is 0 Å². The first kappa shape index (κ1) is 23.2. The van der Waals surface area contributed by atoms with Crippen molar-refractivity contribution < 1.29 is 24.5 Å². The van der Waals surface area contributed by atoms with Crippen LogP contribution in [0.4, 0.5) is 0 Å². The number of hydrogen-bond donors (Lipinski definition) is 3. The molecule has 0 heterocycles. The van der Waals surface area contributed by atoms with Crippen LogP contribution >= 0.6 is 0 Å². The van der Waals surface area contributed by atoms with Crippen LogP contribution in [0.5, 0.6) is 5.75 Å². The Labute approximate surface area is 184 Å². The number of benzene rings is 1. The maximum atomic E-state index is 12.3. The van der Waals surface area contributed by atoms with Crippen molar-refractivity contribution in [2.75, 3.05) is 6.61 Å². The molecular weight excluding hydrogens is 394 g/mol. The number of carbonyl (C=O) groups excluding carboxylic acids is 2. The molecule has 31 heavy (non-hydrogen) atoms. The highest BCUT2D eigenvalue weighted by Gasteiger charge is 2.39. The predicted molar refractivity (Wildman–Crippen MR) is 118 cm³/mol. The van der Waals surface area contributed by atoms with Crippen molar-refractivity contribution in [3.8, 4) is 5.75 Å². The quantitative estimate of drug-likeness (QED) is 0.352. The minimum Gasteiger partial charge on any atom is -0.491 e. The number of unbranched alkanes of at least 4 members (excludes halogenated alkanes) is 1. The summed E-state index contributed by atoms with van der Waals surface area (Å²) in [6.07, 6.45) is 10.8. The summed E-state index contributed by atoms with van der Waals surface area (Å²) in [5, 5.41) is 23.4. The minimum atomic E-state index is -0.830. The number of ether oxygens (including phenoxy) is 1. The predicted octanol–water partition coefficient (Wildman–Crippen LogP) is 2.94. The Kier molecular flexibility index (Phi) is 8.85. The third-order valence-corrected chi connectivity index (χ3v) is 5.73. The van der Waals surface area contributed by atoms with Crippen LogP contribution < -0.4 is 10.1 Å². The van der Waals surface area contributed by atoms with Crippen molar-refractivity contribution in [3.05, 3.63) is 54.6 Å². The molecule has 3 N–H and O–H groups in total. The average molecular weight is 428 g/mol. The topological polar surface area (TPSA) is 95.9 Å². The van der Waals surface area contributed by atoms with Gasteiger partial charge in [0.25, 0.3) is 0 Å². The third-order valence-electron chi connectivity index (χ3n) is 5.73. The van der Waals surface area contributed by atoms with E-state index in [0.717, 1.165) is 25.7 Å². The van der Waals surface area contributed by atoms with Crippen molar-refractivity contribution in [3.63, 3.8) is 0 Å². The SMILES string of the molecule is O=C(CCCC=CC[C@H]1[C@@H](O)CC(=O)[C@@H]1C=C[C@@H](O)COc1ccccc1)NC1CC1. The molecule has 0 bridgehead atoms. The molecule has 3 rings (SSSR count). The van der Waals surface area contributed by atoms with Gasteiger partial charge in [-0.1, -0.05) is 42.5 Å². The molecule has 2 fully saturated rings. The van der Waals surface area contributed by atoms with Gasteiger partial charge in [0.2, 0.25) is 5.91 Å². The van der Waals surface area contributed by atoms with Crippen LogP contribution in [0.25, 0.3) is 0 Å². The Morgan fingerprint density at radius 1 is 1.23 bits per heavy atom. The van der Waals surface area contributed by atoms with Crippen molar-refractivity contribution in [2.45, 2.75) is 63.2 Å². The number of aliphatic hydroxyl groups excluding tert-OH is 2. The van der Waals surface area contributed by atoms with Crippen LogP contribution in [0, 0.1) is 11.8 Å². The number of aliphatic hydroxyl groups is 2. The monoisotopic (exact) mass is 427 g/mol. The van der Waals surface area contributed by atoms with E-state index in [-0.39, 0.29) is 30.6 Å². The summed E-state index contributed by atoms with van der Waals surface area (Å²) in [5.74, 6) is 0.189. The Morgan fingerprint density at radius 3 is 2.74 bits per heavy atom. The van der Waals surface area contributed by atoms with E-state index in [0.29, 0.717) is 24.6 Å². The van der Waals surface area contributed by atoms with E-state index in [9.17, 15) is 19.8 Å². The smallest absolute Gasteiger partial charge is 0.220 e. The highest BCUT2D eigenvalue weighted by molar-refractivity contribution is 5.86. The van der Waals surface area contributed by atoms with E-state index in [2.05, 4.69) is 5.32 Å². The van der Waals surface area contributed by atoms with Gasteiger partial charge in [-0.15, -0.1) is 0 Å². The summed E-state index contributed by atoms with van der Waals surface area (Å²) in [6, 6.07) is 9.64. The van der Waals surface area contributed by atoms with Gasteiger partial charge >= 0.3 is 0 Å². The zero-order chi connectivity index (χ0) is 22.1. The first-order valence-corrected chi connectivity index (χ1v) is 11.2. The van der Waals surface area contributed by atoms with Crippen molar-refractivity contribution in [2.24, 2.45) is 11.8 Å². The lowest BCUT2D eigenvalue weighted by molar-refractivity contribution is -0.121. The zero-order valence-corrected chi connectivity index (χ0v) is 17.9. The van der Waals surface area contributed by atoms with Gasteiger partial charge in [0.15, 0.2) is 0 Å². The standard InChI is InChI=1S/C25H33NO5/c27-19(17-31-20-8-4-3-5-9-20)14-15-22-21(23(28)16-24(22)29)10-6-1-2-7-11-25(30)26-18-12-13-18/h1,3-6,8-9,14-15,18-19,21-23,27-28H,2,7,10-13,16-17H2,(H,26,30)/t19-,21-,22-,23+/m1/s1. The lowest BCUT2D eigenvalue weighted by Crippen LogP contribution is -2.24. The number of rotatable bonds is 12. The Hall–Kier alpha value is -2.44. The van der Waals surface area contributed by atoms with Crippen LogP contribution in [0.2, 0.25) is 0 Å². The second-order valence-corrected chi connectivity index (χ2v) is 8.44. The molecule has 0 aromatic heterocycles. The number of Topliss-reactive ketones (excluding diaryl/α,β-unsaturated/α-hetero) is 1. The van der Waals surface area contributed by atoms with Gasteiger partial charge in [0.1, 0.15) is 24.2 Å². The lowest BCUT2D eigenvalue weighted by atomic mass is 9.90. The van der Waals surface area contributed by atoms with Gasteiger partial charge in [-0.3, -0.25) is 9.59 Å². The second-order valence-electron chi connectivity index (χ2n) is 8.44. The molecule has 6 heteroatoms. The summed E-state index contributed by atoms with van der Waals surface area (Å²) < 4.78 is 5.53. The summed E-state index contributed by atoms with van der Waals surface area (Å²) in [7, 11) is 0. The Balaban J connectivity index is 1.40. The first-order chi connectivity index (χ1) is 15.0. The van der Waals surface area contributed by atoms with E-state index in [4.69, 9.17) is 4.74 Å². The molecule has 1 amide bonds. The number of allylic oxidation sites excluding steroid dienone is 3. The van der Waals surface area contributed by atoms with E-state index < -0.39 is 18.1 Å². The fourth-order valence-corrected chi connectivity index (χ4v) is 3.81. The summed E-state index contributed by atoms with van der Waals surface area (Å²) in [5.41, 5.74) is 0. The molecular formula is C25H33NO5. The maximum absolute atomic E-state index is 12.3. The fraction of sp³-hybridized carbons (Fsp3) is 0.520. The Bertz CT molecular complexity index is 771. The summed E-state index contributed by atoms with van der Waals surface area (Å²) in [4.78, 5) is 24.0. The van der Waals surface area contributed by atoms with Crippen molar-refractivity contribution in [1.82, 2.24) is 5.32 Å². The highest BCUT2D eigenvalue weighted by Crippen LogP contribution is 2.33. The first-order valence-electron chi connectivity index (χ1n) is 11.2. The number of nitrogens with one attached hydrogen (secondary N) is 1. The lowest BCUT2D eigenvalue weighted by Gasteiger charge is -2.17. The zero-order valence-electron chi connectivity index (χ0n) is 17.9. The van der Waals surface area contributed by atoms with Crippen LogP contribution in [-0.4, -0.2) is 46.8 Å². The van der Waals surface area contributed by atoms with Crippen molar-refractivity contribution in [1.29, 1.82) is 0 Å². The molecule has 168 valence electrons. The Morgan fingerprint density at radius 2 is 2.00 bits per heavy atom. The minimum absolute atomic E-state index is 0.00456. The van der Waals surface area contributed by atoms with Gasteiger partial charge < -0.3 is 20.3 Å². The molecule has 0 unspecified atom stereocenters. The molecule has 6 nitrogen and oxygen atoms in total. The molecule has 2 aliphatic rings. The maximum Gasteiger partial charge on any atom is 0.220 e. The van der Waals surface area contributed by atoms with Gasteiger partial charge in [-0.2, -0.15) is 0 Å². The number of carbonyl (C=O) groups is 2. The molecule has 4 atom stereocenters. The van der Waals surface area contributed by atoms with E-state index in [1.165, 1.54) is 0 Å². The van der Waals surface area contributed by atoms with E-state index >= 15 is 0 Å². The fourth-order valence-electron chi connectivity index (χ4n) is 3.81. The molecule has 0 saturated heterocycles. The number of ketones is 1. The largest absolute Gasteiger partial charge is 0.491 e. The molecule has 1 aromatic carbocycles. The van der Waals surface area contributed by atoms with Crippen LogP contribution in [0.3, 0.4) is 0 Å². The van der Waals surface area contributed by atoms with Crippen LogP contribution in [0.1, 0.15) is 44.9 Å². The van der Waals surface area contributed by atoms with Crippen LogP contribution in [0.15, 0.2) is 54.6 Å². The molecule has 1 aromatic rings. The second kappa shape index (κ2) is 11.8. The third kappa shape index (κ3) is 7.96. The summed E-state index contributed by atoms with van der Waals surface area (Å²) >= 11 is 0. The number of para-hydroxylation sites is 1. The van der Waals surface area contributed by atoms with Gasteiger partial charge in [0.05, 0.1) is 6.10 Å². The molecule has 2 aliphatic carbocycles. The molecule has 2 saturated carbocycles. The van der Waals surface area contributed by atoms with Gasteiger partial charge in [-0.05, 0) is 44.2 Å². The molecule has 0 spiro atoms. The molecule has 0 radical (unpaired) electrons. The van der Waals surface area contributed by atoms with E-state index in [1.54, 1.807) is 12.2 Å². The highest BCUT2D eigenvalue weighted by atomic mass is 16.5. The average Bonchev–Trinajstić information content (AvgIpc) is 3.52. The summed E-state index contributed by atoms with van der Waals surface area (Å²) in [6.45, 7) is 0.100. The number of hydrogen-bond acceptors (Lipinski definition) is 5. The normalized spacial score (nSPS) is 24.7. The number of amides is 1. The van der Waals surface area contributed by atoms with Gasteiger partial charge in [0, 0.05) is 30.7 Å². The van der Waals surface area contributed by atoms with Crippen molar-refractivity contribution >= 4 is 11.7 Å². The van der Waals surface area contributed by atoms with Crippen LogP contribution in [-0.2, 0) is 9.59 Å². The molecule has 0 aliphatic heterocycles.